The number of rotatable bonds is 4. The first-order chi connectivity index (χ1) is 12.4. The molecule has 1 N–H and O–H groups in total. The van der Waals surface area contributed by atoms with Gasteiger partial charge >= 0.3 is 5.97 Å². The predicted octanol–water partition coefficient (Wildman–Crippen LogP) is 6.15. The third-order valence-electron chi connectivity index (χ3n) is 5.49. The standard InChI is InChI=1S/C24H26O2/c1-17-21(15-19-9-11-20(12-10-19)23(25)26)13-14-24(2,3)22(17)16-18-7-5-4-6-8-18/h4-12,15H,13-14,16H2,1-3H3,(H,25,26)/b21-15+. The van der Waals surface area contributed by atoms with E-state index in [9.17, 15) is 4.79 Å². The van der Waals surface area contributed by atoms with E-state index < -0.39 is 5.97 Å². The Morgan fingerprint density at radius 3 is 2.35 bits per heavy atom. The molecular weight excluding hydrogens is 320 g/mol. The summed E-state index contributed by atoms with van der Waals surface area (Å²) in [5.41, 5.74) is 7.18. The Labute approximate surface area is 155 Å². The number of hydrogen-bond acceptors (Lipinski definition) is 1. The van der Waals surface area contributed by atoms with Crippen molar-refractivity contribution in [3.05, 3.63) is 88.0 Å². The number of aromatic carboxylic acids is 1. The second-order valence-corrected chi connectivity index (χ2v) is 7.75. The molecule has 0 saturated carbocycles. The molecule has 0 heterocycles. The number of carboxylic acids is 1. The smallest absolute Gasteiger partial charge is 0.335 e. The number of carbonyl (C=O) groups is 1. The van der Waals surface area contributed by atoms with E-state index in [4.69, 9.17) is 5.11 Å². The van der Waals surface area contributed by atoms with E-state index in [0.717, 1.165) is 24.8 Å². The quantitative estimate of drug-likeness (QED) is 0.721. The highest BCUT2D eigenvalue weighted by Gasteiger charge is 2.30. The zero-order valence-electron chi connectivity index (χ0n) is 15.8. The molecule has 1 aliphatic carbocycles. The van der Waals surface area contributed by atoms with E-state index in [1.807, 2.05) is 12.1 Å². The van der Waals surface area contributed by atoms with Crippen molar-refractivity contribution in [3.63, 3.8) is 0 Å². The maximum atomic E-state index is 11.0. The fourth-order valence-electron chi connectivity index (χ4n) is 3.76. The Morgan fingerprint density at radius 2 is 1.73 bits per heavy atom. The lowest BCUT2D eigenvalue weighted by Gasteiger charge is -2.36. The fourth-order valence-corrected chi connectivity index (χ4v) is 3.76. The summed E-state index contributed by atoms with van der Waals surface area (Å²) >= 11 is 0. The van der Waals surface area contributed by atoms with Crippen LogP contribution in [0.4, 0.5) is 0 Å². The molecular formula is C24H26O2. The van der Waals surface area contributed by atoms with E-state index in [2.05, 4.69) is 57.2 Å². The first kappa shape index (κ1) is 18.2. The molecule has 134 valence electrons. The Hall–Kier alpha value is -2.61. The summed E-state index contributed by atoms with van der Waals surface area (Å²) < 4.78 is 0. The van der Waals surface area contributed by atoms with Gasteiger partial charge in [-0.25, -0.2) is 4.79 Å². The molecule has 0 radical (unpaired) electrons. The molecule has 2 aromatic carbocycles. The number of carboxylic acid groups (broad SMARTS) is 1. The van der Waals surface area contributed by atoms with Crippen LogP contribution in [0.3, 0.4) is 0 Å². The normalized spacial score (nSPS) is 18.2. The van der Waals surface area contributed by atoms with Crippen LogP contribution < -0.4 is 0 Å². The summed E-state index contributed by atoms with van der Waals surface area (Å²) in [5, 5.41) is 9.05. The van der Waals surface area contributed by atoms with Crippen LogP contribution in [-0.2, 0) is 6.42 Å². The number of allylic oxidation sites excluding steroid dienone is 3. The second-order valence-electron chi connectivity index (χ2n) is 7.75. The van der Waals surface area contributed by atoms with Gasteiger partial charge in [0.15, 0.2) is 0 Å². The predicted molar refractivity (Wildman–Crippen MR) is 107 cm³/mol. The lowest BCUT2D eigenvalue weighted by atomic mass is 9.69. The summed E-state index contributed by atoms with van der Waals surface area (Å²) in [4.78, 5) is 11.0. The molecule has 0 aromatic heterocycles. The molecule has 1 aliphatic rings. The average Bonchev–Trinajstić information content (AvgIpc) is 2.62. The van der Waals surface area contributed by atoms with Gasteiger partial charge in [-0.15, -0.1) is 0 Å². The zero-order valence-corrected chi connectivity index (χ0v) is 15.8. The Kier molecular flexibility index (Phi) is 5.13. The minimum absolute atomic E-state index is 0.199. The van der Waals surface area contributed by atoms with Crippen LogP contribution in [0, 0.1) is 5.41 Å². The van der Waals surface area contributed by atoms with Crippen molar-refractivity contribution in [2.45, 2.75) is 40.0 Å². The molecule has 2 aromatic rings. The fraction of sp³-hybridized carbons (Fsp3) is 0.292. The summed E-state index contributed by atoms with van der Waals surface area (Å²) in [7, 11) is 0. The monoisotopic (exact) mass is 346 g/mol. The van der Waals surface area contributed by atoms with Gasteiger partial charge in [0, 0.05) is 0 Å². The molecule has 0 bridgehead atoms. The maximum absolute atomic E-state index is 11.0. The van der Waals surface area contributed by atoms with Crippen molar-refractivity contribution in [2.75, 3.05) is 0 Å². The van der Waals surface area contributed by atoms with Crippen LogP contribution >= 0.6 is 0 Å². The Balaban J connectivity index is 1.94. The van der Waals surface area contributed by atoms with Crippen molar-refractivity contribution < 1.29 is 9.90 Å². The van der Waals surface area contributed by atoms with Crippen LogP contribution in [0.1, 0.15) is 55.1 Å². The van der Waals surface area contributed by atoms with E-state index in [-0.39, 0.29) is 5.41 Å². The van der Waals surface area contributed by atoms with Crippen molar-refractivity contribution in [2.24, 2.45) is 5.41 Å². The van der Waals surface area contributed by atoms with Crippen LogP contribution in [-0.4, -0.2) is 11.1 Å². The highest BCUT2D eigenvalue weighted by atomic mass is 16.4. The summed E-state index contributed by atoms with van der Waals surface area (Å²) in [6.07, 6.45) is 5.37. The van der Waals surface area contributed by atoms with E-state index in [1.165, 1.54) is 22.3 Å². The van der Waals surface area contributed by atoms with Gasteiger partial charge in [0.25, 0.3) is 0 Å². The molecule has 26 heavy (non-hydrogen) atoms. The molecule has 3 rings (SSSR count). The van der Waals surface area contributed by atoms with E-state index in [1.54, 1.807) is 12.1 Å². The Bertz CT molecular complexity index is 853. The first-order valence-electron chi connectivity index (χ1n) is 9.15. The van der Waals surface area contributed by atoms with Gasteiger partial charge in [-0.1, -0.05) is 68.0 Å². The first-order valence-corrected chi connectivity index (χ1v) is 9.15. The van der Waals surface area contributed by atoms with E-state index in [0.29, 0.717) is 5.56 Å². The van der Waals surface area contributed by atoms with Crippen molar-refractivity contribution >= 4 is 12.0 Å². The largest absolute Gasteiger partial charge is 0.478 e. The topological polar surface area (TPSA) is 37.3 Å². The van der Waals surface area contributed by atoms with Crippen LogP contribution in [0.5, 0.6) is 0 Å². The van der Waals surface area contributed by atoms with Crippen molar-refractivity contribution in [3.8, 4) is 0 Å². The molecule has 0 saturated heterocycles. The zero-order chi connectivity index (χ0) is 18.7. The maximum Gasteiger partial charge on any atom is 0.335 e. The second kappa shape index (κ2) is 7.33. The lowest BCUT2D eigenvalue weighted by molar-refractivity contribution is 0.0697. The molecule has 0 atom stereocenters. The minimum Gasteiger partial charge on any atom is -0.478 e. The van der Waals surface area contributed by atoms with Gasteiger partial charge in [-0.2, -0.15) is 0 Å². The van der Waals surface area contributed by atoms with Crippen LogP contribution in [0.2, 0.25) is 0 Å². The van der Waals surface area contributed by atoms with E-state index >= 15 is 0 Å². The molecule has 0 fully saturated rings. The molecule has 2 nitrogen and oxygen atoms in total. The van der Waals surface area contributed by atoms with Gasteiger partial charge in [0.2, 0.25) is 0 Å². The van der Waals surface area contributed by atoms with Gasteiger partial charge in [0.1, 0.15) is 0 Å². The summed E-state index contributed by atoms with van der Waals surface area (Å²) in [6, 6.07) is 17.8. The lowest BCUT2D eigenvalue weighted by Crippen LogP contribution is -2.23. The average molecular weight is 346 g/mol. The molecule has 0 aliphatic heterocycles. The molecule has 0 unspecified atom stereocenters. The summed E-state index contributed by atoms with van der Waals surface area (Å²) in [6.45, 7) is 6.91. The number of benzene rings is 2. The highest BCUT2D eigenvalue weighted by molar-refractivity contribution is 5.87. The SMILES string of the molecule is CC1=C(Cc2ccccc2)C(C)(C)CC/C1=C\c1ccc(C(=O)O)cc1. The van der Waals surface area contributed by atoms with Crippen molar-refractivity contribution in [1.82, 2.24) is 0 Å². The molecule has 2 heteroatoms. The van der Waals surface area contributed by atoms with Crippen LogP contribution in [0.15, 0.2) is 71.3 Å². The van der Waals surface area contributed by atoms with Crippen molar-refractivity contribution in [1.29, 1.82) is 0 Å². The molecule has 0 spiro atoms. The highest BCUT2D eigenvalue weighted by Crippen LogP contribution is 2.44. The van der Waals surface area contributed by atoms with Gasteiger partial charge < -0.3 is 5.11 Å². The number of hydrogen-bond donors (Lipinski definition) is 1. The minimum atomic E-state index is -0.884. The van der Waals surface area contributed by atoms with Gasteiger partial charge in [-0.05, 0) is 66.0 Å². The van der Waals surface area contributed by atoms with Gasteiger partial charge in [0.05, 0.1) is 5.56 Å². The third-order valence-corrected chi connectivity index (χ3v) is 5.49. The summed E-state index contributed by atoms with van der Waals surface area (Å²) in [5.74, 6) is -0.884. The van der Waals surface area contributed by atoms with Crippen LogP contribution in [0.25, 0.3) is 6.08 Å². The Morgan fingerprint density at radius 1 is 1.08 bits per heavy atom. The molecule has 0 amide bonds. The third kappa shape index (κ3) is 3.96. The van der Waals surface area contributed by atoms with Gasteiger partial charge in [-0.3, -0.25) is 0 Å².